The topological polar surface area (TPSA) is 73.8 Å². The predicted octanol–water partition coefficient (Wildman–Crippen LogP) is 6.67. The molecule has 4 atom stereocenters. The number of fused-ring (bicyclic) bond motifs is 6. The Labute approximate surface area is 266 Å². The molecule has 4 aromatic rings. The Kier molecular flexibility index (Phi) is 7.68. The number of hydrogen-bond donors (Lipinski definition) is 2. The Bertz CT molecular complexity index is 1780. The highest BCUT2D eigenvalue weighted by Crippen LogP contribution is 2.42. The molecule has 4 fully saturated rings. The second kappa shape index (κ2) is 11.9. The first-order chi connectivity index (χ1) is 22.4. The number of alkyl halides is 1. The maximum atomic E-state index is 16.8. The van der Waals surface area contributed by atoms with Gasteiger partial charge in [-0.15, -0.1) is 0 Å². The fourth-order valence-electron chi connectivity index (χ4n) is 8.65. The van der Waals surface area contributed by atoms with Gasteiger partial charge in [0.15, 0.2) is 5.82 Å². The summed E-state index contributed by atoms with van der Waals surface area (Å²) in [6, 6.07) is 11.3. The zero-order valence-corrected chi connectivity index (χ0v) is 26.1. The molecule has 4 saturated heterocycles. The number of phenols is 1. The highest BCUT2D eigenvalue weighted by atomic mass is 19.1. The van der Waals surface area contributed by atoms with E-state index >= 15 is 8.78 Å². The standard InChI is InChI=1S/C36H40F3N5O2/c1-2-20-5-3-6-21-13-27(45)16-28(31(20)21)32-30(38)17-29-34(33(32)39)41-36(42-35(29)43-18-23-7-8-24(19-43)40-23)46-12-4-11-44-25-9-10-26(44)15-22(37)14-25/h3,5-6,13,16-17,22-26,40,45H,2,4,7-12,14-15,18-19H2,1H3. The van der Waals surface area contributed by atoms with Crippen LogP contribution in [0.25, 0.3) is 32.8 Å². The molecule has 242 valence electrons. The molecular formula is C36H40F3N5O2. The minimum atomic E-state index is -0.801. The van der Waals surface area contributed by atoms with Crippen LogP contribution in [0, 0.1) is 11.6 Å². The van der Waals surface area contributed by atoms with Crippen LogP contribution in [0.2, 0.25) is 0 Å². The van der Waals surface area contributed by atoms with Crippen molar-refractivity contribution in [2.45, 2.75) is 88.6 Å². The first-order valence-electron chi connectivity index (χ1n) is 16.8. The van der Waals surface area contributed by atoms with Gasteiger partial charge in [0.2, 0.25) is 0 Å². The summed E-state index contributed by atoms with van der Waals surface area (Å²) < 4.78 is 53.2. The molecule has 0 spiro atoms. The van der Waals surface area contributed by atoms with Gasteiger partial charge >= 0.3 is 6.01 Å². The van der Waals surface area contributed by atoms with Crippen LogP contribution in [0.3, 0.4) is 0 Å². The van der Waals surface area contributed by atoms with Gasteiger partial charge in [0, 0.05) is 49.2 Å². The fraction of sp³-hybridized carbons (Fsp3) is 0.500. The van der Waals surface area contributed by atoms with Gasteiger partial charge in [-0.1, -0.05) is 25.1 Å². The molecular weight excluding hydrogens is 591 g/mol. The molecule has 2 N–H and O–H groups in total. The quantitative estimate of drug-likeness (QED) is 0.211. The van der Waals surface area contributed by atoms with Gasteiger partial charge in [-0.2, -0.15) is 9.97 Å². The largest absolute Gasteiger partial charge is 0.508 e. The van der Waals surface area contributed by atoms with E-state index in [0.29, 0.717) is 85.0 Å². The van der Waals surface area contributed by atoms with Crippen molar-refractivity contribution in [1.82, 2.24) is 20.2 Å². The molecule has 5 heterocycles. The number of ether oxygens (including phenoxy) is 1. The number of hydrogen-bond acceptors (Lipinski definition) is 7. The number of phenolic OH excluding ortho intramolecular Hbond substituents is 1. The van der Waals surface area contributed by atoms with E-state index in [9.17, 15) is 9.50 Å². The zero-order chi connectivity index (χ0) is 31.5. The molecule has 1 aromatic heterocycles. The lowest BCUT2D eigenvalue weighted by atomic mass is 9.92. The van der Waals surface area contributed by atoms with Crippen molar-refractivity contribution >= 4 is 27.5 Å². The summed E-state index contributed by atoms with van der Waals surface area (Å²) in [5.74, 6) is -1.13. The number of rotatable bonds is 8. The lowest BCUT2D eigenvalue weighted by Gasteiger charge is -2.36. The van der Waals surface area contributed by atoms with Gasteiger partial charge in [-0.3, -0.25) is 4.90 Å². The van der Waals surface area contributed by atoms with Crippen LogP contribution in [0.1, 0.15) is 57.4 Å². The molecule has 4 aliphatic rings. The van der Waals surface area contributed by atoms with Gasteiger partial charge in [0.25, 0.3) is 0 Å². The van der Waals surface area contributed by atoms with Crippen LogP contribution in [-0.2, 0) is 6.42 Å². The van der Waals surface area contributed by atoms with Crippen molar-refractivity contribution in [3.05, 3.63) is 53.6 Å². The minimum Gasteiger partial charge on any atom is -0.508 e. The summed E-state index contributed by atoms with van der Waals surface area (Å²) in [5.41, 5.74) is 0.992. The lowest BCUT2D eigenvalue weighted by molar-refractivity contribution is 0.0777. The second-order valence-electron chi connectivity index (χ2n) is 13.6. The summed E-state index contributed by atoms with van der Waals surface area (Å²) in [7, 11) is 0. The monoisotopic (exact) mass is 631 g/mol. The number of benzene rings is 3. The van der Waals surface area contributed by atoms with E-state index in [2.05, 4.69) is 20.1 Å². The van der Waals surface area contributed by atoms with E-state index in [1.54, 1.807) is 6.07 Å². The van der Waals surface area contributed by atoms with Crippen LogP contribution in [0.5, 0.6) is 11.8 Å². The van der Waals surface area contributed by atoms with Crippen LogP contribution < -0.4 is 15.0 Å². The van der Waals surface area contributed by atoms with Crippen LogP contribution in [-0.4, -0.2) is 76.6 Å². The summed E-state index contributed by atoms with van der Waals surface area (Å²) >= 11 is 0. The SMILES string of the molecule is CCc1cccc2cc(O)cc(-c3c(F)cc4c(N5CC6CCC(C5)N6)nc(OCCCN5C6CCC5CC(F)C6)nc4c3F)c12. The van der Waals surface area contributed by atoms with Gasteiger partial charge in [0.1, 0.15) is 29.1 Å². The third-order valence-corrected chi connectivity index (χ3v) is 10.7. The highest BCUT2D eigenvalue weighted by molar-refractivity contribution is 6.03. The van der Waals surface area contributed by atoms with Crippen molar-refractivity contribution in [3.8, 4) is 22.9 Å². The molecule has 10 heteroatoms. The lowest BCUT2D eigenvalue weighted by Crippen LogP contribution is -2.51. The minimum absolute atomic E-state index is 0.00388. The molecule has 4 aliphatic heterocycles. The molecule has 46 heavy (non-hydrogen) atoms. The Balaban J connectivity index is 1.17. The van der Waals surface area contributed by atoms with E-state index in [1.807, 2.05) is 25.1 Å². The molecule has 4 bridgehead atoms. The predicted molar refractivity (Wildman–Crippen MR) is 173 cm³/mol. The molecule has 3 aromatic carbocycles. The molecule has 7 nitrogen and oxygen atoms in total. The summed E-state index contributed by atoms with van der Waals surface area (Å²) in [6.45, 7) is 4.49. The molecule has 0 radical (unpaired) electrons. The molecule has 0 saturated carbocycles. The summed E-state index contributed by atoms with van der Waals surface area (Å²) in [6.07, 6.45) is 6.06. The third kappa shape index (κ3) is 5.23. The van der Waals surface area contributed by atoms with E-state index in [0.717, 1.165) is 37.8 Å². The number of piperazine rings is 1. The molecule has 4 unspecified atom stereocenters. The number of nitrogens with zero attached hydrogens (tertiary/aromatic N) is 4. The van der Waals surface area contributed by atoms with Crippen LogP contribution in [0.15, 0.2) is 36.4 Å². The highest BCUT2D eigenvalue weighted by Gasteiger charge is 2.40. The van der Waals surface area contributed by atoms with E-state index in [4.69, 9.17) is 9.72 Å². The number of nitrogens with one attached hydrogen (secondary N) is 1. The van der Waals surface area contributed by atoms with Gasteiger partial charge in [-0.25, -0.2) is 13.2 Å². The van der Waals surface area contributed by atoms with Crippen LogP contribution >= 0.6 is 0 Å². The Morgan fingerprint density at radius 3 is 2.50 bits per heavy atom. The van der Waals surface area contributed by atoms with Gasteiger partial charge in [-0.05, 0) is 91.5 Å². The second-order valence-corrected chi connectivity index (χ2v) is 13.6. The first kappa shape index (κ1) is 29.8. The summed E-state index contributed by atoms with van der Waals surface area (Å²) in [5, 5.41) is 15.9. The summed E-state index contributed by atoms with van der Waals surface area (Å²) in [4.78, 5) is 13.8. The first-order valence-corrected chi connectivity index (χ1v) is 16.8. The van der Waals surface area contributed by atoms with Crippen molar-refractivity contribution in [3.63, 3.8) is 0 Å². The zero-order valence-electron chi connectivity index (χ0n) is 26.1. The Morgan fingerprint density at radius 2 is 1.76 bits per heavy atom. The maximum absolute atomic E-state index is 16.8. The number of anilines is 1. The Hall–Kier alpha value is -3.63. The van der Waals surface area contributed by atoms with E-state index in [1.165, 1.54) is 12.1 Å². The number of aromatic nitrogens is 2. The smallest absolute Gasteiger partial charge is 0.319 e. The number of aromatic hydroxyl groups is 1. The molecule has 0 aliphatic carbocycles. The average Bonchev–Trinajstić information content (AvgIpc) is 3.50. The number of aryl methyl sites for hydroxylation is 1. The maximum Gasteiger partial charge on any atom is 0.319 e. The van der Waals surface area contributed by atoms with Crippen molar-refractivity contribution in [1.29, 1.82) is 0 Å². The average molecular weight is 632 g/mol. The fourth-order valence-corrected chi connectivity index (χ4v) is 8.65. The van der Waals surface area contributed by atoms with Crippen molar-refractivity contribution in [2.24, 2.45) is 0 Å². The number of halogens is 3. The normalized spacial score (nSPS) is 26.0. The third-order valence-electron chi connectivity index (χ3n) is 10.7. The van der Waals surface area contributed by atoms with Gasteiger partial charge < -0.3 is 20.1 Å². The van der Waals surface area contributed by atoms with Crippen molar-refractivity contribution < 1.29 is 23.0 Å². The van der Waals surface area contributed by atoms with E-state index < -0.39 is 17.8 Å². The van der Waals surface area contributed by atoms with E-state index in [-0.39, 0.29) is 34.9 Å². The molecule has 8 rings (SSSR count). The Morgan fingerprint density at radius 1 is 1.00 bits per heavy atom. The molecule has 0 amide bonds. The van der Waals surface area contributed by atoms with Crippen LogP contribution in [0.4, 0.5) is 19.0 Å². The van der Waals surface area contributed by atoms with Gasteiger partial charge in [0.05, 0.1) is 12.2 Å². The number of piperidine rings is 1. The van der Waals surface area contributed by atoms with Crippen molar-refractivity contribution in [2.75, 3.05) is 31.1 Å².